The molecule has 0 saturated carbocycles. The molecular formula is C13H22N6O2. The summed E-state index contributed by atoms with van der Waals surface area (Å²) in [5.41, 5.74) is 0. The summed E-state index contributed by atoms with van der Waals surface area (Å²) in [6.07, 6.45) is 0. The van der Waals surface area contributed by atoms with Gasteiger partial charge in [0.05, 0.1) is 26.4 Å². The van der Waals surface area contributed by atoms with Crippen LogP contribution in [0.25, 0.3) is 0 Å². The lowest BCUT2D eigenvalue weighted by Crippen LogP contribution is -2.40. The SMILES string of the molecule is CCNc1nc(N2CCOCC2)nc(N2CCOCC2)n1. The van der Waals surface area contributed by atoms with Gasteiger partial charge in [0.2, 0.25) is 17.8 Å². The maximum absolute atomic E-state index is 5.39. The van der Waals surface area contributed by atoms with Gasteiger partial charge in [-0.1, -0.05) is 0 Å². The third-order valence-corrected chi connectivity index (χ3v) is 3.53. The van der Waals surface area contributed by atoms with E-state index in [9.17, 15) is 0 Å². The second-order valence-corrected chi connectivity index (χ2v) is 4.99. The minimum atomic E-state index is 0.635. The van der Waals surface area contributed by atoms with Gasteiger partial charge in [0.1, 0.15) is 0 Å². The lowest BCUT2D eigenvalue weighted by molar-refractivity contribution is 0.121. The highest BCUT2D eigenvalue weighted by Crippen LogP contribution is 2.18. The maximum Gasteiger partial charge on any atom is 0.232 e. The van der Waals surface area contributed by atoms with E-state index in [1.165, 1.54) is 0 Å². The normalized spacial score (nSPS) is 19.7. The largest absolute Gasteiger partial charge is 0.378 e. The van der Waals surface area contributed by atoms with Crippen LogP contribution in [0.5, 0.6) is 0 Å². The molecule has 1 aromatic rings. The predicted molar refractivity (Wildman–Crippen MR) is 80.1 cm³/mol. The minimum absolute atomic E-state index is 0.635. The Bertz CT molecular complexity index is 424. The molecule has 2 fully saturated rings. The zero-order valence-corrected chi connectivity index (χ0v) is 12.4. The zero-order valence-electron chi connectivity index (χ0n) is 12.4. The van der Waals surface area contributed by atoms with Crippen LogP contribution in [0.1, 0.15) is 6.92 Å². The summed E-state index contributed by atoms with van der Waals surface area (Å²) in [7, 11) is 0. The van der Waals surface area contributed by atoms with Crippen molar-refractivity contribution in [2.45, 2.75) is 6.92 Å². The molecule has 21 heavy (non-hydrogen) atoms. The van der Waals surface area contributed by atoms with Gasteiger partial charge in [-0.05, 0) is 6.92 Å². The fraction of sp³-hybridized carbons (Fsp3) is 0.769. The van der Waals surface area contributed by atoms with E-state index in [1.54, 1.807) is 0 Å². The van der Waals surface area contributed by atoms with E-state index in [4.69, 9.17) is 9.47 Å². The molecule has 0 aromatic carbocycles. The van der Waals surface area contributed by atoms with E-state index in [-0.39, 0.29) is 0 Å². The van der Waals surface area contributed by atoms with Gasteiger partial charge >= 0.3 is 0 Å². The average Bonchev–Trinajstić information content (AvgIpc) is 2.56. The van der Waals surface area contributed by atoms with Crippen LogP contribution in [-0.4, -0.2) is 74.1 Å². The Kier molecular flexibility index (Phi) is 4.66. The first-order valence-corrected chi connectivity index (χ1v) is 7.52. The molecule has 0 bridgehead atoms. The number of nitrogens with one attached hydrogen (secondary N) is 1. The maximum atomic E-state index is 5.39. The Labute approximate surface area is 124 Å². The van der Waals surface area contributed by atoms with E-state index < -0.39 is 0 Å². The summed E-state index contributed by atoms with van der Waals surface area (Å²) in [5, 5.41) is 3.19. The highest BCUT2D eigenvalue weighted by atomic mass is 16.5. The van der Waals surface area contributed by atoms with Crippen LogP contribution in [-0.2, 0) is 9.47 Å². The fourth-order valence-electron chi connectivity index (χ4n) is 2.40. The molecule has 3 heterocycles. The second kappa shape index (κ2) is 6.86. The fourth-order valence-corrected chi connectivity index (χ4v) is 2.40. The molecule has 2 aliphatic heterocycles. The summed E-state index contributed by atoms with van der Waals surface area (Å²) in [4.78, 5) is 18.0. The Hall–Kier alpha value is -1.67. The van der Waals surface area contributed by atoms with Gasteiger partial charge in [-0.3, -0.25) is 0 Å². The van der Waals surface area contributed by atoms with Crippen LogP contribution >= 0.6 is 0 Å². The molecule has 0 spiro atoms. The van der Waals surface area contributed by atoms with Crippen molar-refractivity contribution in [3.05, 3.63) is 0 Å². The minimum Gasteiger partial charge on any atom is -0.378 e. The van der Waals surface area contributed by atoms with Crippen LogP contribution in [0.4, 0.5) is 17.8 Å². The van der Waals surface area contributed by atoms with E-state index in [2.05, 4.69) is 30.1 Å². The van der Waals surface area contributed by atoms with Crippen molar-refractivity contribution in [2.75, 3.05) is 74.3 Å². The lowest BCUT2D eigenvalue weighted by atomic mass is 10.4. The van der Waals surface area contributed by atoms with Crippen molar-refractivity contribution < 1.29 is 9.47 Å². The summed E-state index contributed by atoms with van der Waals surface area (Å²) in [5.74, 6) is 2.09. The molecule has 0 radical (unpaired) electrons. The molecule has 1 N–H and O–H groups in total. The molecule has 2 aliphatic rings. The number of aromatic nitrogens is 3. The molecule has 0 unspecified atom stereocenters. The number of anilines is 3. The molecular weight excluding hydrogens is 272 g/mol. The summed E-state index contributed by atoms with van der Waals surface area (Å²) >= 11 is 0. The molecule has 8 nitrogen and oxygen atoms in total. The number of rotatable bonds is 4. The number of hydrogen-bond donors (Lipinski definition) is 1. The van der Waals surface area contributed by atoms with Gasteiger partial charge in [0, 0.05) is 32.7 Å². The number of morpholine rings is 2. The molecule has 0 atom stereocenters. The summed E-state index contributed by atoms with van der Waals surface area (Å²) in [6, 6.07) is 0. The molecule has 0 amide bonds. The van der Waals surface area contributed by atoms with Crippen molar-refractivity contribution >= 4 is 17.8 Å². The van der Waals surface area contributed by atoms with Gasteiger partial charge in [-0.2, -0.15) is 15.0 Å². The lowest BCUT2D eigenvalue weighted by Gasteiger charge is -2.30. The number of nitrogens with zero attached hydrogens (tertiary/aromatic N) is 5. The van der Waals surface area contributed by atoms with Crippen LogP contribution in [0, 0.1) is 0 Å². The molecule has 0 aliphatic carbocycles. The van der Waals surface area contributed by atoms with E-state index in [1.807, 2.05) is 6.92 Å². The zero-order chi connectivity index (χ0) is 14.5. The number of ether oxygens (including phenoxy) is 2. The van der Waals surface area contributed by atoms with Gasteiger partial charge in [0.15, 0.2) is 0 Å². The molecule has 116 valence electrons. The Morgan fingerprint density at radius 2 is 1.33 bits per heavy atom. The smallest absolute Gasteiger partial charge is 0.232 e. The van der Waals surface area contributed by atoms with Crippen molar-refractivity contribution in [3.8, 4) is 0 Å². The van der Waals surface area contributed by atoms with Crippen LogP contribution in [0.15, 0.2) is 0 Å². The first kappa shape index (κ1) is 14.3. The van der Waals surface area contributed by atoms with Crippen molar-refractivity contribution in [1.29, 1.82) is 0 Å². The molecule has 8 heteroatoms. The quantitative estimate of drug-likeness (QED) is 0.830. The summed E-state index contributed by atoms with van der Waals surface area (Å²) < 4.78 is 10.8. The van der Waals surface area contributed by atoms with Gasteiger partial charge in [-0.25, -0.2) is 0 Å². The Balaban J connectivity index is 1.85. The standard InChI is InChI=1S/C13H22N6O2/c1-2-14-11-15-12(18-3-7-20-8-4-18)17-13(16-11)19-5-9-21-10-6-19/h2-10H2,1H3,(H,14,15,16,17). The predicted octanol–water partition coefficient (Wildman–Crippen LogP) is -0.0234. The van der Waals surface area contributed by atoms with Gasteiger partial charge in [0.25, 0.3) is 0 Å². The average molecular weight is 294 g/mol. The van der Waals surface area contributed by atoms with Gasteiger partial charge in [-0.15, -0.1) is 0 Å². The van der Waals surface area contributed by atoms with E-state index >= 15 is 0 Å². The topological polar surface area (TPSA) is 75.6 Å². The first-order chi connectivity index (χ1) is 10.4. The Morgan fingerprint density at radius 3 is 1.76 bits per heavy atom. The monoisotopic (exact) mass is 294 g/mol. The highest BCUT2D eigenvalue weighted by molar-refractivity contribution is 5.45. The van der Waals surface area contributed by atoms with E-state index in [0.29, 0.717) is 5.95 Å². The second-order valence-electron chi connectivity index (χ2n) is 4.99. The number of hydrogen-bond acceptors (Lipinski definition) is 8. The van der Waals surface area contributed by atoms with Gasteiger partial charge < -0.3 is 24.6 Å². The van der Waals surface area contributed by atoms with Crippen molar-refractivity contribution in [2.24, 2.45) is 0 Å². The summed E-state index contributed by atoms with van der Waals surface area (Å²) in [6.45, 7) is 8.96. The molecule has 2 saturated heterocycles. The van der Waals surface area contributed by atoms with Crippen molar-refractivity contribution in [1.82, 2.24) is 15.0 Å². The molecule has 1 aromatic heterocycles. The third kappa shape index (κ3) is 3.51. The third-order valence-electron chi connectivity index (χ3n) is 3.53. The van der Waals surface area contributed by atoms with Crippen LogP contribution in [0.3, 0.4) is 0 Å². The van der Waals surface area contributed by atoms with Crippen molar-refractivity contribution in [3.63, 3.8) is 0 Å². The van der Waals surface area contributed by atoms with Crippen LogP contribution in [0.2, 0.25) is 0 Å². The van der Waals surface area contributed by atoms with Crippen LogP contribution < -0.4 is 15.1 Å². The first-order valence-electron chi connectivity index (χ1n) is 7.52. The van der Waals surface area contributed by atoms with E-state index in [0.717, 1.165) is 71.0 Å². The molecule has 3 rings (SSSR count). The highest BCUT2D eigenvalue weighted by Gasteiger charge is 2.20. The Morgan fingerprint density at radius 1 is 0.857 bits per heavy atom.